The fourth-order valence-electron chi connectivity index (χ4n) is 2.03. The Hall–Kier alpha value is -2.56. The van der Waals surface area contributed by atoms with Crippen molar-refractivity contribution >= 4 is 28.9 Å². The summed E-state index contributed by atoms with van der Waals surface area (Å²) < 4.78 is 6.09. The van der Waals surface area contributed by atoms with Crippen LogP contribution in [0.15, 0.2) is 9.73 Å². The molecule has 5 N–H and O–H groups in total. The summed E-state index contributed by atoms with van der Waals surface area (Å²) >= 11 is 4.72. The van der Waals surface area contributed by atoms with Crippen LogP contribution in [0.25, 0.3) is 5.82 Å². The molecule has 11 heteroatoms. The van der Waals surface area contributed by atoms with E-state index in [2.05, 4.69) is 35.8 Å². The maximum absolute atomic E-state index is 5.67. The van der Waals surface area contributed by atoms with Crippen molar-refractivity contribution in [2.45, 2.75) is 19.3 Å². The molecular formula is C9H11N9OS. The molecule has 0 spiro atoms. The summed E-state index contributed by atoms with van der Waals surface area (Å²) in [4.78, 5) is 0. The molecule has 0 atom stereocenters. The number of hydrogen-bond acceptors (Lipinski definition) is 8. The van der Waals surface area contributed by atoms with Gasteiger partial charge in [0.15, 0.2) is 5.11 Å². The molecule has 20 heavy (non-hydrogen) atoms. The maximum atomic E-state index is 5.67. The minimum absolute atomic E-state index is 0.0990. The molecule has 0 saturated carbocycles. The van der Waals surface area contributed by atoms with Crippen molar-refractivity contribution in [3.8, 4) is 5.82 Å². The van der Waals surface area contributed by atoms with Gasteiger partial charge in [-0.2, -0.15) is 9.78 Å². The Kier molecular flexibility index (Phi) is 3.02. The Labute approximate surface area is 118 Å². The van der Waals surface area contributed by atoms with E-state index >= 15 is 0 Å². The van der Waals surface area contributed by atoms with Crippen molar-refractivity contribution in [3.63, 3.8) is 0 Å². The van der Waals surface area contributed by atoms with Gasteiger partial charge in [-0.3, -0.25) is 5.43 Å². The van der Waals surface area contributed by atoms with Crippen molar-refractivity contribution in [2.75, 3.05) is 5.73 Å². The predicted octanol–water partition coefficient (Wildman–Crippen LogP) is -0.894. The Morgan fingerprint density at radius 3 is 2.95 bits per heavy atom. The zero-order valence-corrected chi connectivity index (χ0v) is 11.1. The molecule has 1 aliphatic rings. The highest BCUT2D eigenvalue weighted by molar-refractivity contribution is 7.80. The number of rotatable bonds is 2. The Morgan fingerprint density at radius 2 is 2.25 bits per heavy atom. The van der Waals surface area contributed by atoms with E-state index in [-0.39, 0.29) is 10.9 Å². The largest absolute Gasteiger partial charge is 0.378 e. The summed E-state index contributed by atoms with van der Waals surface area (Å²) in [5.74, 6) is 0.477. The molecule has 0 saturated heterocycles. The number of nitrogens with two attached hydrogens (primary N) is 2. The van der Waals surface area contributed by atoms with Gasteiger partial charge in [0.25, 0.3) is 0 Å². The first-order valence-electron chi connectivity index (χ1n) is 5.82. The summed E-state index contributed by atoms with van der Waals surface area (Å²) in [6.45, 7) is 0. The lowest BCUT2D eigenvalue weighted by Gasteiger charge is -2.13. The smallest absolute Gasteiger partial charge is 0.243 e. The third kappa shape index (κ3) is 2.07. The molecule has 2 aromatic heterocycles. The molecule has 104 valence electrons. The summed E-state index contributed by atoms with van der Waals surface area (Å²) in [7, 11) is 0. The quantitative estimate of drug-likeness (QED) is 0.473. The lowest BCUT2D eigenvalue weighted by Crippen LogP contribution is -2.27. The van der Waals surface area contributed by atoms with Gasteiger partial charge in [-0.15, -0.1) is 5.10 Å². The van der Waals surface area contributed by atoms with Gasteiger partial charge in [0.1, 0.15) is 5.69 Å². The Bertz CT molecular complexity index is 687. The third-order valence-electron chi connectivity index (χ3n) is 2.86. The molecule has 0 fully saturated rings. The first-order valence-corrected chi connectivity index (χ1v) is 6.23. The van der Waals surface area contributed by atoms with Gasteiger partial charge in [-0.1, -0.05) is 5.21 Å². The second-order valence-electron chi connectivity index (χ2n) is 4.16. The SMILES string of the molecule is NC(=S)N/N=C1\CCCc2c1nnn2-c1nonc1N. The molecule has 0 amide bonds. The molecule has 10 nitrogen and oxygen atoms in total. The monoisotopic (exact) mass is 293 g/mol. The summed E-state index contributed by atoms with van der Waals surface area (Å²) in [5, 5.41) is 19.6. The number of thiocarbonyl (C=S) groups is 1. The average Bonchev–Trinajstić information content (AvgIpc) is 3.02. The predicted molar refractivity (Wildman–Crippen MR) is 73.0 cm³/mol. The van der Waals surface area contributed by atoms with Crippen LogP contribution in [0.3, 0.4) is 0 Å². The van der Waals surface area contributed by atoms with Crippen molar-refractivity contribution in [1.82, 2.24) is 30.7 Å². The molecule has 2 heterocycles. The zero-order valence-electron chi connectivity index (χ0n) is 10.3. The highest BCUT2D eigenvalue weighted by Crippen LogP contribution is 2.23. The van der Waals surface area contributed by atoms with E-state index in [9.17, 15) is 0 Å². The molecule has 0 bridgehead atoms. The highest BCUT2D eigenvalue weighted by atomic mass is 32.1. The van der Waals surface area contributed by atoms with Gasteiger partial charge in [0.2, 0.25) is 11.6 Å². The Balaban J connectivity index is 2.01. The van der Waals surface area contributed by atoms with Crippen LogP contribution < -0.4 is 16.9 Å². The molecule has 0 aliphatic heterocycles. The van der Waals surface area contributed by atoms with E-state index in [1.54, 1.807) is 0 Å². The van der Waals surface area contributed by atoms with Crippen molar-refractivity contribution < 1.29 is 4.63 Å². The van der Waals surface area contributed by atoms with Gasteiger partial charge in [-0.05, 0) is 41.8 Å². The fourth-order valence-corrected chi connectivity index (χ4v) is 2.08. The normalized spacial score (nSPS) is 16.1. The second kappa shape index (κ2) is 4.85. The van der Waals surface area contributed by atoms with Crippen LogP contribution in [0.1, 0.15) is 24.2 Å². The third-order valence-corrected chi connectivity index (χ3v) is 2.95. The number of hydrogen-bond donors (Lipinski definition) is 3. The van der Waals surface area contributed by atoms with Crippen LogP contribution in [0, 0.1) is 0 Å². The molecule has 0 aromatic carbocycles. The van der Waals surface area contributed by atoms with Gasteiger partial charge in [-0.25, -0.2) is 4.63 Å². The summed E-state index contributed by atoms with van der Waals surface area (Å²) in [5.41, 5.74) is 15.8. The highest BCUT2D eigenvalue weighted by Gasteiger charge is 2.25. The van der Waals surface area contributed by atoms with E-state index in [1.165, 1.54) is 4.68 Å². The summed E-state index contributed by atoms with van der Waals surface area (Å²) in [6, 6.07) is 0. The van der Waals surface area contributed by atoms with E-state index < -0.39 is 0 Å². The van der Waals surface area contributed by atoms with E-state index in [0.717, 1.165) is 30.7 Å². The number of anilines is 1. The van der Waals surface area contributed by atoms with Crippen LogP contribution in [0.5, 0.6) is 0 Å². The van der Waals surface area contributed by atoms with Gasteiger partial charge in [0, 0.05) is 0 Å². The van der Waals surface area contributed by atoms with Gasteiger partial charge >= 0.3 is 0 Å². The average molecular weight is 293 g/mol. The number of nitrogens with zero attached hydrogens (tertiary/aromatic N) is 6. The molecule has 0 radical (unpaired) electrons. The van der Waals surface area contributed by atoms with E-state index in [4.69, 9.17) is 23.7 Å². The lowest BCUT2D eigenvalue weighted by molar-refractivity contribution is 0.306. The first-order chi connectivity index (χ1) is 9.66. The van der Waals surface area contributed by atoms with Crippen LogP contribution in [-0.4, -0.2) is 36.1 Å². The standard InChI is InChI=1S/C9H11N9OS/c10-7-8(16-19-15-7)18-5-3-1-2-4(6(5)13-17-18)12-14-9(11)20/h1-3H2,(H2,10,15)(H3,11,14,20)/b12-4+. The van der Waals surface area contributed by atoms with Crippen LogP contribution in [-0.2, 0) is 6.42 Å². The van der Waals surface area contributed by atoms with E-state index in [1.807, 2.05) is 0 Å². The van der Waals surface area contributed by atoms with Crippen molar-refractivity contribution in [1.29, 1.82) is 0 Å². The summed E-state index contributed by atoms with van der Waals surface area (Å²) in [6.07, 6.45) is 2.43. The molecule has 3 rings (SSSR count). The first kappa shape index (κ1) is 12.5. The topological polar surface area (TPSA) is 146 Å². The van der Waals surface area contributed by atoms with Crippen molar-refractivity contribution in [3.05, 3.63) is 11.4 Å². The minimum Gasteiger partial charge on any atom is -0.378 e. The van der Waals surface area contributed by atoms with E-state index in [0.29, 0.717) is 11.5 Å². The lowest BCUT2D eigenvalue weighted by atomic mass is 9.99. The fraction of sp³-hybridized carbons (Fsp3) is 0.333. The number of nitrogen functional groups attached to an aromatic ring is 1. The van der Waals surface area contributed by atoms with Crippen LogP contribution >= 0.6 is 12.2 Å². The van der Waals surface area contributed by atoms with Gasteiger partial charge < -0.3 is 11.5 Å². The number of hydrazone groups is 1. The Morgan fingerprint density at radius 1 is 1.40 bits per heavy atom. The number of nitrogens with one attached hydrogen (secondary N) is 1. The molecule has 1 aliphatic carbocycles. The van der Waals surface area contributed by atoms with Crippen molar-refractivity contribution in [2.24, 2.45) is 10.8 Å². The van der Waals surface area contributed by atoms with Gasteiger partial charge in [0.05, 0.1) is 11.4 Å². The maximum Gasteiger partial charge on any atom is 0.243 e. The number of fused-ring (bicyclic) bond motifs is 1. The zero-order chi connectivity index (χ0) is 14.1. The second-order valence-corrected chi connectivity index (χ2v) is 4.60. The number of aromatic nitrogens is 5. The molecule has 0 unspecified atom stereocenters. The minimum atomic E-state index is 0.0990. The van der Waals surface area contributed by atoms with Crippen LogP contribution in [0.2, 0.25) is 0 Å². The molecule has 2 aromatic rings. The van der Waals surface area contributed by atoms with Crippen LogP contribution in [0.4, 0.5) is 5.82 Å². The molecular weight excluding hydrogens is 282 g/mol.